The molecule has 0 unspecified atom stereocenters. The van der Waals surface area contributed by atoms with E-state index in [2.05, 4.69) is 0 Å². The van der Waals surface area contributed by atoms with Gasteiger partial charge in [0.2, 0.25) is 0 Å². The maximum Gasteiger partial charge on any atom is 0.418 e. The molecule has 0 atom stereocenters. The molecular formula is C8H11ClN2O4. The Kier molecular flexibility index (Phi) is 3.52. The number of urea groups is 1. The van der Waals surface area contributed by atoms with Crippen molar-refractivity contribution < 1.29 is 19.1 Å². The van der Waals surface area contributed by atoms with Crippen LogP contribution in [0, 0.1) is 0 Å². The Balaban J connectivity index is 2.63. The first kappa shape index (κ1) is 11.8. The molecule has 1 heterocycles. The van der Waals surface area contributed by atoms with Crippen molar-refractivity contribution >= 4 is 29.1 Å². The third kappa shape index (κ3) is 2.59. The number of hydrogen-bond donors (Lipinski definition) is 0. The van der Waals surface area contributed by atoms with Crippen LogP contribution in [0.3, 0.4) is 0 Å². The van der Waals surface area contributed by atoms with Crippen LogP contribution in [0.4, 0.5) is 14.4 Å². The van der Waals surface area contributed by atoms with Crippen molar-refractivity contribution in [2.45, 2.75) is 20.0 Å². The highest BCUT2D eigenvalue weighted by atomic mass is 35.5. The lowest BCUT2D eigenvalue weighted by Gasteiger charge is -2.15. The van der Waals surface area contributed by atoms with Crippen LogP contribution in [-0.2, 0) is 4.74 Å². The van der Waals surface area contributed by atoms with Crippen LogP contribution >= 0.6 is 11.6 Å². The number of amides is 4. The van der Waals surface area contributed by atoms with Crippen LogP contribution in [0.25, 0.3) is 0 Å². The van der Waals surface area contributed by atoms with Gasteiger partial charge in [0.05, 0.1) is 19.2 Å². The molecule has 84 valence electrons. The summed E-state index contributed by atoms with van der Waals surface area (Å²) in [5, 5.41) is -0.889. The van der Waals surface area contributed by atoms with Gasteiger partial charge in [-0.15, -0.1) is 0 Å². The van der Waals surface area contributed by atoms with Gasteiger partial charge in [-0.3, -0.25) is 4.79 Å². The molecule has 0 aliphatic carbocycles. The topological polar surface area (TPSA) is 66.9 Å². The number of imide groups is 2. The highest BCUT2D eigenvalue weighted by molar-refractivity contribution is 6.64. The van der Waals surface area contributed by atoms with Gasteiger partial charge >= 0.3 is 17.5 Å². The fraction of sp³-hybridized carbons (Fsp3) is 0.625. The highest BCUT2D eigenvalue weighted by Gasteiger charge is 2.37. The van der Waals surface area contributed by atoms with Gasteiger partial charge in [-0.05, 0) is 25.4 Å². The molecule has 0 N–H and O–H groups in total. The smallest absolute Gasteiger partial charge is 0.418 e. The molecule has 1 saturated heterocycles. The van der Waals surface area contributed by atoms with Gasteiger partial charge in [0, 0.05) is 0 Å². The molecule has 0 spiro atoms. The van der Waals surface area contributed by atoms with Crippen LogP contribution in [0.5, 0.6) is 0 Å². The molecule has 0 saturated carbocycles. The number of hydrogen-bond acceptors (Lipinski definition) is 4. The van der Waals surface area contributed by atoms with E-state index in [1.54, 1.807) is 13.8 Å². The lowest BCUT2D eigenvalue weighted by molar-refractivity contribution is 0.0894. The maximum atomic E-state index is 11.4. The van der Waals surface area contributed by atoms with E-state index < -0.39 is 17.5 Å². The van der Waals surface area contributed by atoms with Crippen molar-refractivity contribution in [3.8, 4) is 0 Å². The van der Waals surface area contributed by atoms with E-state index in [-0.39, 0.29) is 19.2 Å². The molecule has 15 heavy (non-hydrogen) atoms. The Morgan fingerprint density at radius 2 is 1.87 bits per heavy atom. The van der Waals surface area contributed by atoms with Gasteiger partial charge in [-0.2, -0.15) is 0 Å². The fourth-order valence-corrected chi connectivity index (χ4v) is 1.29. The Bertz CT molecular complexity index is 305. The minimum Gasteiger partial charge on any atom is -0.446 e. The molecule has 0 aromatic rings. The number of ether oxygens (including phenoxy) is 1. The summed E-state index contributed by atoms with van der Waals surface area (Å²) in [6.07, 6.45) is -1.07. The standard InChI is InChI=1S/C8H11ClN2O4/c1-5(2)15-8(14)11-4-3-10(6(9)12)7(11)13/h5H,3-4H2,1-2H3. The van der Waals surface area contributed by atoms with Crippen molar-refractivity contribution in [1.82, 2.24) is 9.80 Å². The maximum absolute atomic E-state index is 11.4. The third-order valence-corrected chi connectivity index (χ3v) is 1.98. The molecule has 0 radical (unpaired) electrons. The summed E-state index contributed by atoms with van der Waals surface area (Å²) in [5.41, 5.74) is 0. The zero-order chi connectivity index (χ0) is 11.6. The van der Waals surface area contributed by atoms with Gasteiger partial charge < -0.3 is 4.74 Å². The SMILES string of the molecule is CC(C)OC(=O)N1CCN(C(=O)Cl)C1=O. The second-order valence-corrected chi connectivity index (χ2v) is 3.59. The molecule has 1 fully saturated rings. The van der Waals surface area contributed by atoms with Gasteiger partial charge in [0.25, 0.3) is 0 Å². The van der Waals surface area contributed by atoms with E-state index in [0.717, 1.165) is 9.80 Å². The summed E-state index contributed by atoms with van der Waals surface area (Å²) in [5.74, 6) is 0. The lowest BCUT2D eigenvalue weighted by atomic mass is 10.5. The minimum atomic E-state index is -0.889. The monoisotopic (exact) mass is 234 g/mol. The molecule has 7 heteroatoms. The summed E-state index contributed by atoms with van der Waals surface area (Å²) in [7, 11) is 0. The summed E-state index contributed by atoms with van der Waals surface area (Å²) >= 11 is 5.14. The fourth-order valence-electron chi connectivity index (χ4n) is 1.13. The predicted molar refractivity (Wildman–Crippen MR) is 51.7 cm³/mol. The first-order valence-electron chi connectivity index (χ1n) is 4.42. The lowest BCUT2D eigenvalue weighted by Crippen LogP contribution is -2.38. The predicted octanol–water partition coefficient (Wildman–Crippen LogP) is 1.63. The van der Waals surface area contributed by atoms with Gasteiger partial charge in [0.1, 0.15) is 0 Å². The first-order chi connectivity index (χ1) is 6.93. The van der Waals surface area contributed by atoms with Crippen LogP contribution in [0.15, 0.2) is 0 Å². The summed E-state index contributed by atoms with van der Waals surface area (Å²) in [6, 6.07) is -0.736. The molecule has 1 rings (SSSR count). The number of carbonyl (C=O) groups is 3. The van der Waals surface area contributed by atoms with E-state index in [1.165, 1.54) is 0 Å². The average Bonchev–Trinajstić information content (AvgIpc) is 2.45. The van der Waals surface area contributed by atoms with Crippen molar-refractivity contribution in [3.63, 3.8) is 0 Å². The Morgan fingerprint density at radius 1 is 1.33 bits per heavy atom. The van der Waals surface area contributed by atoms with Crippen LogP contribution in [0.1, 0.15) is 13.8 Å². The van der Waals surface area contributed by atoms with Crippen molar-refractivity contribution in [1.29, 1.82) is 0 Å². The summed E-state index contributed by atoms with van der Waals surface area (Å²) < 4.78 is 4.82. The minimum absolute atomic E-state index is 0.106. The second kappa shape index (κ2) is 4.48. The number of rotatable bonds is 1. The molecule has 6 nitrogen and oxygen atoms in total. The third-order valence-electron chi connectivity index (χ3n) is 1.78. The molecule has 0 bridgehead atoms. The van der Waals surface area contributed by atoms with E-state index >= 15 is 0 Å². The second-order valence-electron chi connectivity index (χ2n) is 3.27. The molecular weight excluding hydrogens is 224 g/mol. The van der Waals surface area contributed by atoms with E-state index in [0.29, 0.717) is 0 Å². The molecule has 1 aliphatic rings. The zero-order valence-electron chi connectivity index (χ0n) is 8.40. The van der Waals surface area contributed by atoms with Crippen molar-refractivity contribution in [2.75, 3.05) is 13.1 Å². The van der Waals surface area contributed by atoms with E-state index in [4.69, 9.17) is 16.3 Å². The van der Waals surface area contributed by atoms with Crippen LogP contribution in [-0.4, -0.2) is 46.5 Å². The molecule has 0 aromatic carbocycles. The van der Waals surface area contributed by atoms with Crippen LogP contribution < -0.4 is 0 Å². The van der Waals surface area contributed by atoms with Gasteiger partial charge in [0.15, 0.2) is 0 Å². The summed E-state index contributed by atoms with van der Waals surface area (Å²) in [6.45, 7) is 3.56. The van der Waals surface area contributed by atoms with Gasteiger partial charge in [-0.25, -0.2) is 19.4 Å². The molecule has 1 aliphatic heterocycles. The molecule has 0 aromatic heterocycles. The summed E-state index contributed by atoms with van der Waals surface area (Å²) in [4.78, 5) is 35.1. The van der Waals surface area contributed by atoms with E-state index in [1.807, 2.05) is 0 Å². The quantitative estimate of drug-likeness (QED) is 0.511. The van der Waals surface area contributed by atoms with Crippen molar-refractivity contribution in [2.24, 2.45) is 0 Å². The first-order valence-corrected chi connectivity index (χ1v) is 4.80. The zero-order valence-corrected chi connectivity index (χ0v) is 9.15. The Labute approximate surface area is 91.7 Å². The number of halogens is 1. The highest BCUT2D eigenvalue weighted by Crippen LogP contribution is 2.13. The van der Waals surface area contributed by atoms with E-state index in [9.17, 15) is 14.4 Å². The number of carbonyl (C=O) groups excluding carboxylic acids is 3. The largest absolute Gasteiger partial charge is 0.446 e. The van der Waals surface area contributed by atoms with Crippen LogP contribution in [0.2, 0.25) is 0 Å². The average molecular weight is 235 g/mol. The Hall–Kier alpha value is -1.30. The molecule has 4 amide bonds. The van der Waals surface area contributed by atoms with Gasteiger partial charge in [-0.1, -0.05) is 0 Å². The normalized spacial score (nSPS) is 16.1. The van der Waals surface area contributed by atoms with Crippen molar-refractivity contribution in [3.05, 3.63) is 0 Å². The Morgan fingerprint density at radius 3 is 2.27 bits per heavy atom. The number of nitrogens with zero attached hydrogens (tertiary/aromatic N) is 2.